The Bertz CT molecular complexity index is 484. The Balaban J connectivity index is 1.64. The van der Waals surface area contributed by atoms with E-state index in [1.54, 1.807) is 5.57 Å². The minimum Gasteiger partial charge on any atom is -0.393 e. The Hall–Kier alpha value is -0.340. The molecular weight excluding hydrogens is 272 g/mol. The van der Waals surface area contributed by atoms with E-state index in [0.717, 1.165) is 37.0 Å². The zero-order chi connectivity index (χ0) is 15.5. The van der Waals surface area contributed by atoms with Gasteiger partial charge < -0.3 is 9.84 Å². The largest absolute Gasteiger partial charge is 0.393 e. The van der Waals surface area contributed by atoms with Gasteiger partial charge in [-0.25, -0.2) is 0 Å². The summed E-state index contributed by atoms with van der Waals surface area (Å²) in [6, 6.07) is 0. The van der Waals surface area contributed by atoms with Crippen LogP contribution in [-0.2, 0) is 4.74 Å². The summed E-state index contributed by atoms with van der Waals surface area (Å²) in [5.41, 5.74) is 2.51. The molecule has 0 spiro atoms. The van der Waals surface area contributed by atoms with Gasteiger partial charge in [-0.15, -0.1) is 0 Å². The summed E-state index contributed by atoms with van der Waals surface area (Å²) in [5.74, 6) is 2.40. The first kappa shape index (κ1) is 15.2. The summed E-state index contributed by atoms with van der Waals surface area (Å²) < 4.78 is 5.65. The van der Waals surface area contributed by atoms with Gasteiger partial charge in [0.25, 0.3) is 0 Å². The maximum Gasteiger partial charge on any atom is 0.0608 e. The number of hydrogen-bond donors (Lipinski definition) is 1. The molecule has 0 heterocycles. The highest BCUT2D eigenvalue weighted by atomic mass is 16.5. The van der Waals surface area contributed by atoms with E-state index in [1.807, 2.05) is 7.11 Å². The summed E-state index contributed by atoms with van der Waals surface area (Å²) in [4.78, 5) is 0. The number of fused-ring (bicyclic) bond motifs is 5. The second kappa shape index (κ2) is 5.08. The topological polar surface area (TPSA) is 29.5 Å². The van der Waals surface area contributed by atoms with Crippen molar-refractivity contribution in [2.24, 2.45) is 28.6 Å². The van der Waals surface area contributed by atoms with Gasteiger partial charge in [0.1, 0.15) is 0 Å². The van der Waals surface area contributed by atoms with E-state index in [0.29, 0.717) is 16.9 Å². The van der Waals surface area contributed by atoms with Gasteiger partial charge in [0, 0.05) is 7.11 Å². The molecule has 0 saturated heterocycles. The molecule has 5 unspecified atom stereocenters. The van der Waals surface area contributed by atoms with Gasteiger partial charge in [-0.3, -0.25) is 0 Å². The number of aliphatic hydroxyl groups is 1. The molecule has 0 aromatic heterocycles. The van der Waals surface area contributed by atoms with Crippen molar-refractivity contribution >= 4 is 0 Å². The predicted octanol–water partition coefficient (Wildman–Crippen LogP) is 4.33. The predicted molar refractivity (Wildman–Crippen MR) is 88.5 cm³/mol. The van der Waals surface area contributed by atoms with E-state index in [9.17, 15) is 5.11 Å². The molecule has 0 bridgehead atoms. The van der Waals surface area contributed by atoms with E-state index < -0.39 is 0 Å². The average Bonchev–Trinajstić information content (AvgIpc) is 2.80. The van der Waals surface area contributed by atoms with Crippen LogP contribution in [0, 0.1) is 28.6 Å². The molecule has 2 heteroatoms. The molecule has 2 nitrogen and oxygen atoms in total. The maximum atomic E-state index is 10.2. The van der Waals surface area contributed by atoms with Crippen molar-refractivity contribution in [1.82, 2.24) is 0 Å². The van der Waals surface area contributed by atoms with Crippen LogP contribution < -0.4 is 0 Å². The second-order valence-electron chi connectivity index (χ2n) is 9.15. The number of aliphatic hydroxyl groups excluding tert-OH is 1. The number of methoxy groups -OCH3 is 1. The number of ether oxygens (including phenoxy) is 1. The summed E-state index contributed by atoms with van der Waals surface area (Å²) >= 11 is 0. The molecule has 4 aliphatic rings. The van der Waals surface area contributed by atoms with E-state index in [4.69, 9.17) is 4.74 Å². The van der Waals surface area contributed by atoms with Crippen molar-refractivity contribution < 1.29 is 9.84 Å². The standard InChI is InChI=1S/C20H32O2/c1-19-8-7-17-16(18(19)11-14(21)12-19)5-4-13-10-15(22-3)6-9-20(13,17)2/h4,14-18,21H,5-12H2,1-3H3/t14-,15-,16?,17?,18?,19?,20?/m0/s1. The van der Waals surface area contributed by atoms with Gasteiger partial charge in [0.15, 0.2) is 0 Å². The minimum atomic E-state index is -0.0452. The third-order valence-electron chi connectivity index (χ3n) is 8.14. The normalized spacial score (nSPS) is 54.2. The zero-order valence-electron chi connectivity index (χ0n) is 14.5. The van der Waals surface area contributed by atoms with Crippen LogP contribution in [0.1, 0.15) is 65.2 Å². The van der Waals surface area contributed by atoms with Crippen molar-refractivity contribution in [2.75, 3.05) is 7.11 Å². The summed E-state index contributed by atoms with van der Waals surface area (Å²) in [6.45, 7) is 4.99. The van der Waals surface area contributed by atoms with E-state index in [-0.39, 0.29) is 6.10 Å². The van der Waals surface area contributed by atoms with Gasteiger partial charge in [0.2, 0.25) is 0 Å². The number of allylic oxidation sites excluding steroid dienone is 1. The molecule has 4 aliphatic carbocycles. The van der Waals surface area contributed by atoms with Crippen LogP contribution in [-0.4, -0.2) is 24.4 Å². The van der Waals surface area contributed by atoms with Crippen molar-refractivity contribution in [2.45, 2.75) is 77.4 Å². The van der Waals surface area contributed by atoms with Crippen LogP contribution in [0.4, 0.5) is 0 Å². The van der Waals surface area contributed by atoms with Gasteiger partial charge in [-0.2, -0.15) is 0 Å². The van der Waals surface area contributed by atoms with Crippen LogP contribution in [0.25, 0.3) is 0 Å². The van der Waals surface area contributed by atoms with Gasteiger partial charge in [-0.05, 0) is 80.0 Å². The van der Waals surface area contributed by atoms with Crippen LogP contribution >= 0.6 is 0 Å². The van der Waals surface area contributed by atoms with Crippen LogP contribution in [0.3, 0.4) is 0 Å². The number of hydrogen-bond acceptors (Lipinski definition) is 2. The Labute approximate surface area is 135 Å². The first-order valence-corrected chi connectivity index (χ1v) is 9.37. The van der Waals surface area contributed by atoms with E-state index in [1.165, 1.54) is 32.1 Å². The summed E-state index contributed by atoms with van der Waals surface area (Å²) in [7, 11) is 1.87. The molecule has 0 amide bonds. The fourth-order valence-corrected chi connectivity index (χ4v) is 6.85. The SMILES string of the molecule is CO[C@H]1CCC2(C)C(=CCC3C4C[C@H](O)CC4(C)CCC32)C1. The van der Waals surface area contributed by atoms with E-state index >= 15 is 0 Å². The van der Waals surface area contributed by atoms with Crippen LogP contribution in [0.5, 0.6) is 0 Å². The third kappa shape index (κ3) is 2.06. The molecule has 0 aromatic carbocycles. The van der Waals surface area contributed by atoms with Crippen LogP contribution in [0.15, 0.2) is 11.6 Å². The quantitative estimate of drug-likeness (QED) is 0.731. The molecule has 124 valence electrons. The Morgan fingerprint density at radius 3 is 2.77 bits per heavy atom. The minimum absolute atomic E-state index is 0.0452. The highest BCUT2D eigenvalue weighted by Gasteiger charge is 2.57. The molecule has 0 aliphatic heterocycles. The Morgan fingerprint density at radius 2 is 2.00 bits per heavy atom. The Morgan fingerprint density at radius 1 is 1.18 bits per heavy atom. The monoisotopic (exact) mass is 304 g/mol. The van der Waals surface area contributed by atoms with Gasteiger partial charge in [-0.1, -0.05) is 25.5 Å². The lowest BCUT2D eigenvalue weighted by atomic mass is 9.48. The lowest BCUT2D eigenvalue weighted by molar-refractivity contribution is -0.0409. The van der Waals surface area contributed by atoms with Crippen LogP contribution in [0.2, 0.25) is 0 Å². The summed E-state index contributed by atoms with van der Waals surface area (Å²) in [5, 5.41) is 10.2. The lowest BCUT2D eigenvalue weighted by Crippen LogP contribution is -2.49. The lowest BCUT2D eigenvalue weighted by Gasteiger charge is -2.57. The Kier molecular flexibility index (Phi) is 3.51. The molecular formula is C20H32O2. The highest BCUT2D eigenvalue weighted by molar-refractivity contribution is 5.25. The van der Waals surface area contributed by atoms with Crippen molar-refractivity contribution in [3.8, 4) is 0 Å². The van der Waals surface area contributed by atoms with E-state index in [2.05, 4.69) is 19.9 Å². The van der Waals surface area contributed by atoms with Crippen molar-refractivity contribution in [1.29, 1.82) is 0 Å². The molecule has 0 aromatic rings. The molecule has 0 radical (unpaired) electrons. The fraction of sp³-hybridized carbons (Fsp3) is 0.900. The summed E-state index contributed by atoms with van der Waals surface area (Å²) in [6.07, 6.45) is 12.7. The second-order valence-corrected chi connectivity index (χ2v) is 9.15. The maximum absolute atomic E-state index is 10.2. The molecule has 3 saturated carbocycles. The molecule has 7 atom stereocenters. The molecule has 3 fully saturated rings. The van der Waals surface area contributed by atoms with Crippen molar-refractivity contribution in [3.05, 3.63) is 11.6 Å². The molecule has 1 N–H and O–H groups in total. The zero-order valence-corrected chi connectivity index (χ0v) is 14.5. The number of rotatable bonds is 1. The average molecular weight is 304 g/mol. The van der Waals surface area contributed by atoms with Crippen molar-refractivity contribution in [3.63, 3.8) is 0 Å². The smallest absolute Gasteiger partial charge is 0.0608 e. The highest BCUT2D eigenvalue weighted by Crippen LogP contribution is 2.64. The van der Waals surface area contributed by atoms with Gasteiger partial charge >= 0.3 is 0 Å². The van der Waals surface area contributed by atoms with Gasteiger partial charge in [0.05, 0.1) is 12.2 Å². The molecule has 4 rings (SSSR count). The third-order valence-corrected chi connectivity index (χ3v) is 8.14. The fourth-order valence-electron chi connectivity index (χ4n) is 6.85. The molecule has 22 heavy (non-hydrogen) atoms. The first-order valence-electron chi connectivity index (χ1n) is 9.37. The first-order chi connectivity index (χ1) is 10.5.